The minimum absolute atomic E-state index is 0.0128. The van der Waals surface area contributed by atoms with Gasteiger partial charge in [0.25, 0.3) is 0 Å². The average Bonchev–Trinajstić information content (AvgIpc) is 2.25. The van der Waals surface area contributed by atoms with E-state index in [9.17, 15) is 9.59 Å². The molecule has 0 bridgehead atoms. The normalized spacial score (nSPS) is 24.6. The van der Waals surface area contributed by atoms with Crippen molar-refractivity contribution in [2.75, 3.05) is 13.1 Å². The highest BCUT2D eigenvalue weighted by Gasteiger charge is 2.33. The third-order valence-corrected chi connectivity index (χ3v) is 3.13. The summed E-state index contributed by atoms with van der Waals surface area (Å²) in [5, 5.41) is 0. The third kappa shape index (κ3) is 3.86. The van der Waals surface area contributed by atoms with E-state index in [4.69, 9.17) is 4.74 Å². The Labute approximate surface area is 109 Å². The molecule has 0 unspecified atom stereocenters. The van der Waals surface area contributed by atoms with Crippen LogP contribution in [0.15, 0.2) is 12.7 Å². The predicted octanol–water partition coefficient (Wildman–Crippen LogP) is 2.63. The largest absolute Gasteiger partial charge is 0.444 e. The van der Waals surface area contributed by atoms with Crippen LogP contribution in [-0.4, -0.2) is 35.5 Å². The van der Waals surface area contributed by atoms with E-state index in [-0.39, 0.29) is 23.7 Å². The molecule has 0 radical (unpaired) electrons. The van der Waals surface area contributed by atoms with Crippen molar-refractivity contribution in [2.24, 2.45) is 11.8 Å². The van der Waals surface area contributed by atoms with Crippen LogP contribution in [0.3, 0.4) is 0 Å². The van der Waals surface area contributed by atoms with E-state index in [1.165, 1.54) is 0 Å². The summed E-state index contributed by atoms with van der Waals surface area (Å²) in [6, 6.07) is 0. The van der Waals surface area contributed by atoms with E-state index < -0.39 is 5.60 Å². The van der Waals surface area contributed by atoms with Gasteiger partial charge in [0.15, 0.2) is 0 Å². The first-order valence-corrected chi connectivity index (χ1v) is 6.35. The van der Waals surface area contributed by atoms with Crippen molar-refractivity contribution in [1.82, 2.24) is 4.90 Å². The van der Waals surface area contributed by atoms with E-state index in [0.717, 1.165) is 0 Å². The van der Waals surface area contributed by atoms with Gasteiger partial charge in [0.2, 0.25) is 0 Å². The van der Waals surface area contributed by atoms with Crippen molar-refractivity contribution < 1.29 is 14.3 Å². The number of amides is 1. The lowest BCUT2D eigenvalue weighted by molar-refractivity contribution is -0.123. The summed E-state index contributed by atoms with van der Waals surface area (Å²) < 4.78 is 5.33. The van der Waals surface area contributed by atoms with Crippen LogP contribution in [0.2, 0.25) is 0 Å². The summed E-state index contributed by atoms with van der Waals surface area (Å²) in [5.74, 6) is 0.189. The first-order valence-electron chi connectivity index (χ1n) is 6.35. The number of Topliss-reactive ketones (excluding diaryl/α,β-unsaturated/α-hetero) is 1. The molecule has 1 aliphatic heterocycles. The molecular weight excluding hydrogens is 230 g/mol. The van der Waals surface area contributed by atoms with Gasteiger partial charge in [0.05, 0.1) is 0 Å². The smallest absolute Gasteiger partial charge is 0.410 e. The number of piperidine rings is 1. The molecule has 4 nitrogen and oxygen atoms in total. The molecule has 0 aromatic heterocycles. The quantitative estimate of drug-likeness (QED) is 0.711. The Morgan fingerprint density at radius 1 is 1.39 bits per heavy atom. The van der Waals surface area contributed by atoms with Crippen LogP contribution in [0.5, 0.6) is 0 Å². The molecule has 0 aromatic carbocycles. The van der Waals surface area contributed by atoms with Gasteiger partial charge >= 0.3 is 6.09 Å². The lowest BCUT2D eigenvalue weighted by Gasteiger charge is -2.36. The summed E-state index contributed by atoms with van der Waals surface area (Å²) in [6.45, 7) is 12.0. The number of ketones is 1. The fourth-order valence-corrected chi connectivity index (χ4v) is 2.22. The van der Waals surface area contributed by atoms with Crippen molar-refractivity contribution in [3.05, 3.63) is 12.7 Å². The first-order chi connectivity index (χ1) is 8.24. The minimum atomic E-state index is -0.488. The van der Waals surface area contributed by atoms with Gasteiger partial charge in [-0.25, -0.2) is 4.79 Å². The Morgan fingerprint density at radius 3 is 2.44 bits per heavy atom. The van der Waals surface area contributed by atoms with Crippen LogP contribution in [0, 0.1) is 11.8 Å². The molecule has 0 saturated carbocycles. The van der Waals surface area contributed by atoms with Crippen LogP contribution in [0.4, 0.5) is 4.79 Å². The number of carbonyl (C=O) groups is 2. The van der Waals surface area contributed by atoms with Gasteiger partial charge in [0.1, 0.15) is 11.4 Å². The van der Waals surface area contributed by atoms with Gasteiger partial charge in [-0.2, -0.15) is 0 Å². The number of likely N-dealkylation sites (tertiary alicyclic amines) is 1. The minimum Gasteiger partial charge on any atom is -0.444 e. The zero-order valence-electron chi connectivity index (χ0n) is 11.7. The Morgan fingerprint density at radius 2 is 2.00 bits per heavy atom. The molecule has 1 rings (SSSR count). The number of carbonyl (C=O) groups excluding carboxylic acids is 2. The highest BCUT2D eigenvalue weighted by Crippen LogP contribution is 2.26. The van der Waals surface area contributed by atoms with Crippen molar-refractivity contribution in [2.45, 2.75) is 39.7 Å². The van der Waals surface area contributed by atoms with Crippen LogP contribution in [0.1, 0.15) is 34.1 Å². The van der Waals surface area contributed by atoms with Gasteiger partial charge in [-0.3, -0.25) is 4.79 Å². The average molecular weight is 253 g/mol. The monoisotopic (exact) mass is 253 g/mol. The van der Waals surface area contributed by atoms with Gasteiger partial charge in [-0.05, 0) is 34.1 Å². The third-order valence-electron chi connectivity index (χ3n) is 3.13. The zero-order valence-corrected chi connectivity index (χ0v) is 11.7. The number of hydrogen-bond acceptors (Lipinski definition) is 3. The molecule has 0 spiro atoms. The van der Waals surface area contributed by atoms with Crippen molar-refractivity contribution in [1.29, 1.82) is 0 Å². The Hall–Kier alpha value is -1.32. The predicted molar refractivity (Wildman–Crippen MR) is 70.3 cm³/mol. The van der Waals surface area contributed by atoms with Gasteiger partial charge in [-0.15, -0.1) is 6.58 Å². The highest BCUT2D eigenvalue weighted by molar-refractivity contribution is 5.79. The van der Waals surface area contributed by atoms with Gasteiger partial charge in [0, 0.05) is 24.9 Å². The SMILES string of the molecule is C=C[C@H]1CN(C(=O)OC(C)(C)C)CC[C@H]1C(C)=O. The molecule has 4 heteroatoms. The molecule has 0 N–H and O–H groups in total. The van der Waals surface area contributed by atoms with Crippen molar-refractivity contribution >= 4 is 11.9 Å². The summed E-state index contributed by atoms with van der Waals surface area (Å²) in [7, 11) is 0. The number of rotatable bonds is 2. The number of ether oxygens (including phenoxy) is 1. The van der Waals surface area contributed by atoms with Crippen molar-refractivity contribution in [3.8, 4) is 0 Å². The van der Waals surface area contributed by atoms with E-state index in [2.05, 4.69) is 6.58 Å². The maximum absolute atomic E-state index is 11.9. The molecule has 0 aliphatic carbocycles. The molecular formula is C14H23NO3. The molecule has 1 saturated heterocycles. The maximum atomic E-state index is 11.9. The zero-order chi connectivity index (χ0) is 13.9. The summed E-state index contributed by atoms with van der Waals surface area (Å²) >= 11 is 0. The first kappa shape index (κ1) is 14.7. The lowest BCUT2D eigenvalue weighted by atomic mass is 9.83. The second kappa shape index (κ2) is 5.55. The summed E-state index contributed by atoms with van der Waals surface area (Å²) in [6.07, 6.45) is 2.14. The summed E-state index contributed by atoms with van der Waals surface area (Å²) in [5.41, 5.74) is -0.488. The van der Waals surface area contributed by atoms with Crippen LogP contribution >= 0.6 is 0 Å². The Balaban J connectivity index is 2.65. The second-order valence-corrected chi connectivity index (χ2v) is 5.83. The molecule has 1 amide bonds. The van der Waals surface area contributed by atoms with E-state index in [0.29, 0.717) is 19.5 Å². The molecule has 1 fully saturated rings. The standard InChI is InChI=1S/C14H23NO3/c1-6-11-9-15(8-7-12(11)10(2)16)13(17)18-14(3,4)5/h6,11-12H,1,7-9H2,2-5H3/t11-,12-/m0/s1. The Kier molecular flexibility index (Phi) is 4.54. The maximum Gasteiger partial charge on any atom is 0.410 e. The molecule has 0 aromatic rings. The van der Waals surface area contributed by atoms with Crippen LogP contribution < -0.4 is 0 Å². The Bertz CT molecular complexity index is 343. The van der Waals surface area contributed by atoms with Crippen LogP contribution in [0.25, 0.3) is 0 Å². The lowest BCUT2D eigenvalue weighted by Crippen LogP contribution is -2.46. The second-order valence-electron chi connectivity index (χ2n) is 5.83. The van der Waals surface area contributed by atoms with E-state index >= 15 is 0 Å². The van der Waals surface area contributed by atoms with Gasteiger partial charge in [-0.1, -0.05) is 6.08 Å². The number of nitrogens with zero attached hydrogens (tertiary/aromatic N) is 1. The molecule has 1 aliphatic rings. The fourth-order valence-electron chi connectivity index (χ4n) is 2.22. The van der Waals surface area contributed by atoms with Crippen molar-refractivity contribution in [3.63, 3.8) is 0 Å². The molecule has 102 valence electrons. The molecule has 18 heavy (non-hydrogen) atoms. The van der Waals surface area contributed by atoms with E-state index in [1.54, 1.807) is 17.9 Å². The fraction of sp³-hybridized carbons (Fsp3) is 0.714. The topological polar surface area (TPSA) is 46.6 Å². The summed E-state index contributed by atoms with van der Waals surface area (Å²) in [4.78, 5) is 25.1. The highest BCUT2D eigenvalue weighted by atomic mass is 16.6. The number of hydrogen-bond donors (Lipinski definition) is 0. The molecule has 1 heterocycles. The van der Waals surface area contributed by atoms with E-state index in [1.807, 2.05) is 20.8 Å². The van der Waals surface area contributed by atoms with Gasteiger partial charge < -0.3 is 9.64 Å². The molecule has 2 atom stereocenters. The van der Waals surface area contributed by atoms with Crippen LogP contribution in [-0.2, 0) is 9.53 Å².